The van der Waals surface area contributed by atoms with Crippen LogP contribution in [-0.4, -0.2) is 57.2 Å². The third-order valence-corrected chi connectivity index (χ3v) is 4.66. The molecule has 0 aromatic carbocycles. The maximum absolute atomic E-state index is 12.7. The van der Waals surface area contributed by atoms with E-state index in [1.165, 1.54) is 0 Å². The van der Waals surface area contributed by atoms with Gasteiger partial charge in [0.2, 0.25) is 0 Å². The first-order valence-electron chi connectivity index (χ1n) is 9.62. The second-order valence-electron chi connectivity index (χ2n) is 6.79. The van der Waals surface area contributed by atoms with E-state index < -0.39 is 0 Å². The van der Waals surface area contributed by atoms with Crippen molar-refractivity contribution in [2.75, 3.05) is 20.6 Å². The molecule has 0 bridgehead atoms. The molecule has 0 saturated heterocycles. The molecule has 3 aromatic heterocycles. The highest BCUT2D eigenvalue weighted by atomic mass is 16.2. The first-order valence-corrected chi connectivity index (χ1v) is 9.62. The van der Waals surface area contributed by atoms with Crippen LogP contribution >= 0.6 is 0 Å². The third-order valence-electron chi connectivity index (χ3n) is 4.66. The van der Waals surface area contributed by atoms with Crippen molar-refractivity contribution in [2.45, 2.75) is 20.4 Å². The summed E-state index contributed by atoms with van der Waals surface area (Å²) in [6.45, 7) is 4.76. The minimum absolute atomic E-state index is 0.163. The van der Waals surface area contributed by atoms with Gasteiger partial charge in [0.05, 0.1) is 23.3 Å². The summed E-state index contributed by atoms with van der Waals surface area (Å²) in [5.41, 5.74) is 4.15. The smallest absolute Gasteiger partial charge is 0.314 e. The van der Waals surface area contributed by atoms with Crippen LogP contribution in [-0.2, 0) is 6.54 Å². The first-order chi connectivity index (χ1) is 14.4. The van der Waals surface area contributed by atoms with Crippen LogP contribution in [0.5, 0.6) is 0 Å². The number of amides is 3. The Morgan fingerprint density at radius 2 is 1.93 bits per heavy atom. The molecule has 9 heteroatoms. The first kappa shape index (κ1) is 21.0. The molecule has 0 aliphatic heterocycles. The summed E-state index contributed by atoms with van der Waals surface area (Å²) < 4.78 is 1.67. The van der Waals surface area contributed by atoms with Gasteiger partial charge >= 0.3 is 6.03 Å². The Labute approximate surface area is 175 Å². The zero-order valence-electron chi connectivity index (χ0n) is 17.5. The van der Waals surface area contributed by atoms with Gasteiger partial charge in [0.25, 0.3) is 5.91 Å². The van der Waals surface area contributed by atoms with E-state index in [1.807, 2.05) is 38.1 Å². The molecule has 0 fully saturated rings. The molecule has 3 aromatic rings. The van der Waals surface area contributed by atoms with Crippen molar-refractivity contribution < 1.29 is 9.59 Å². The Kier molecular flexibility index (Phi) is 6.41. The number of rotatable bonds is 6. The van der Waals surface area contributed by atoms with Crippen molar-refractivity contribution >= 4 is 11.9 Å². The molecular formula is C21H25N7O2. The Morgan fingerprint density at radius 3 is 2.53 bits per heavy atom. The van der Waals surface area contributed by atoms with E-state index in [4.69, 9.17) is 0 Å². The second kappa shape index (κ2) is 9.17. The number of nitrogens with zero attached hydrogens (tertiary/aromatic N) is 5. The van der Waals surface area contributed by atoms with Crippen LogP contribution in [0.25, 0.3) is 17.1 Å². The fourth-order valence-corrected chi connectivity index (χ4v) is 2.74. The molecule has 0 unspecified atom stereocenters. The summed E-state index contributed by atoms with van der Waals surface area (Å²) in [6, 6.07) is 8.99. The number of carbonyl (C=O) groups excluding carboxylic acids is 2. The fourth-order valence-electron chi connectivity index (χ4n) is 2.74. The average molecular weight is 407 g/mol. The van der Waals surface area contributed by atoms with Gasteiger partial charge in [-0.1, -0.05) is 6.07 Å². The molecule has 30 heavy (non-hydrogen) atoms. The summed E-state index contributed by atoms with van der Waals surface area (Å²) >= 11 is 0. The molecular weight excluding hydrogens is 382 g/mol. The van der Waals surface area contributed by atoms with E-state index in [1.54, 1.807) is 42.1 Å². The predicted octanol–water partition coefficient (Wildman–Crippen LogP) is 2.16. The fraction of sp³-hybridized carbons (Fsp3) is 0.286. The lowest BCUT2D eigenvalue weighted by molar-refractivity contribution is 0.0796. The zero-order valence-corrected chi connectivity index (χ0v) is 17.5. The van der Waals surface area contributed by atoms with Crippen molar-refractivity contribution in [1.82, 2.24) is 35.3 Å². The molecule has 0 aliphatic rings. The quantitative estimate of drug-likeness (QED) is 0.651. The van der Waals surface area contributed by atoms with Crippen molar-refractivity contribution in [2.24, 2.45) is 0 Å². The van der Waals surface area contributed by atoms with Gasteiger partial charge in [-0.2, -0.15) is 5.10 Å². The number of aryl methyl sites for hydroxylation is 1. The Hall–Kier alpha value is -3.75. The van der Waals surface area contributed by atoms with Gasteiger partial charge < -0.3 is 15.5 Å². The van der Waals surface area contributed by atoms with Gasteiger partial charge in [-0.05, 0) is 43.7 Å². The summed E-state index contributed by atoms with van der Waals surface area (Å²) in [5, 5.41) is 9.76. The van der Waals surface area contributed by atoms with E-state index in [2.05, 4.69) is 25.7 Å². The van der Waals surface area contributed by atoms with Crippen LogP contribution in [0, 0.1) is 6.92 Å². The van der Waals surface area contributed by atoms with E-state index >= 15 is 0 Å². The standard InChI is InChI=1S/C21H25N7O2/c1-5-27(4)20(29)18-10-19(28(26-18)16-8-6-14(2)23-13-16)17-9-7-15(11-24-17)12-25-21(30)22-3/h6-11,13H,5,12H2,1-4H3,(H2,22,25,30). The molecule has 9 nitrogen and oxygen atoms in total. The largest absolute Gasteiger partial charge is 0.341 e. The molecule has 2 N–H and O–H groups in total. The number of hydrogen-bond donors (Lipinski definition) is 2. The van der Waals surface area contributed by atoms with Crippen LogP contribution in [0.2, 0.25) is 0 Å². The maximum atomic E-state index is 12.7. The van der Waals surface area contributed by atoms with Gasteiger partial charge in [0.1, 0.15) is 0 Å². The van der Waals surface area contributed by atoms with E-state index in [0.717, 1.165) is 16.9 Å². The van der Waals surface area contributed by atoms with Gasteiger partial charge in [-0.3, -0.25) is 14.8 Å². The topological polar surface area (TPSA) is 105 Å². The maximum Gasteiger partial charge on any atom is 0.314 e. The van der Waals surface area contributed by atoms with E-state index in [0.29, 0.717) is 30.2 Å². The molecule has 0 atom stereocenters. The highest BCUT2D eigenvalue weighted by molar-refractivity contribution is 5.93. The molecule has 3 heterocycles. The van der Waals surface area contributed by atoms with Crippen LogP contribution in [0.3, 0.4) is 0 Å². The summed E-state index contributed by atoms with van der Waals surface area (Å²) in [5.74, 6) is -0.163. The van der Waals surface area contributed by atoms with Crippen LogP contribution < -0.4 is 10.6 Å². The minimum atomic E-state index is -0.257. The molecule has 3 amide bonds. The summed E-state index contributed by atoms with van der Waals surface area (Å²) in [7, 11) is 3.30. The molecule has 3 rings (SSSR count). The molecule has 0 spiro atoms. The highest BCUT2D eigenvalue weighted by Crippen LogP contribution is 2.23. The monoisotopic (exact) mass is 407 g/mol. The number of urea groups is 1. The molecule has 0 aliphatic carbocycles. The molecule has 156 valence electrons. The Balaban J connectivity index is 1.97. The van der Waals surface area contributed by atoms with Crippen LogP contribution in [0.4, 0.5) is 4.79 Å². The number of pyridine rings is 2. The van der Waals surface area contributed by atoms with Crippen molar-refractivity contribution in [3.8, 4) is 17.1 Å². The van der Waals surface area contributed by atoms with E-state index in [-0.39, 0.29) is 11.9 Å². The van der Waals surface area contributed by atoms with Crippen LogP contribution in [0.1, 0.15) is 28.7 Å². The van der Waals surface area contributed by atoms with Gasteiger partial charge in [-0.25, -0.2) is 9.48 Å². The SMILES string of the molecule is CCN(C)C(=O)c1cc(-c2ccc(CNC(=O)NC)cn2)n(-c2ccc(C)nc2)n1. The van der Waals surface area contributed by atoms with Crippen LogP contribution in [0.15, 0.2) is 42.7 Å². The summed E-state index contributed by atoms with van der Waals surface area (Å²) in [6.07, 6.45) is 3.40. The minimum Gasteiger partial charge on any atom is -0.341 e. The number of carbonyl (C=O) groups is 2. The van der Waals surface area contributed by atoms with Crippen molar-refractivity contribution in [1.29, 1.82) is 0 Å². The average Bonchev–Trinajstić information content (AvgIpc) is 3.22. The Bertz CT molecular complexity index is 1030. The summed E-state index contributed by atoms with van der Waals surface area (Å²) in [4.78, 5) is 34.5. The lowest BCUT2D eigenvalue weighted by Crippen LogP contribution is -2.32. The molecule has 0 saturated carbocycles. The van der Waals surface area contributed by atoms with E-state index in [9.17, 15) is 9.59 Å². The second-order valence-corrected chi connectivity index (χ2v) is 6.79. The van der Waals surface area contributed by atoms with Crippen molar-refractivity contribution in [3.05, 3.63) is 59.7 Å². The Morgan fingerprint density at radius 1 is 1.13 bits per heavy atom. The highest BCUT2D eigenvalue weighted by Gasteiger charge is 2.19. The third kappa shape index (κ3) is 4.62. The van der Waals surface area contributed by atoms with Gasteiger partial charge in [0.15, 0.2) is 5.69 Å². The zero-order chi connectivity index (χ0) is 21.7. The lowest BCUT2D eigenvalue weighted by Gasteiger charge is -2.11. The lowest BCUT2D eigenvalue weighted by atomic mass is 10.2. The van der Waals surface area contributed by atoms with Gasteiger partial charge in [-0.15, -0.1) is 0 Å². The molecule has 0 radical (unpaired) electrons. The predicted molar refractivity (Wildman–Crippen MR) is 113 cm³/mol. The number of nitrogens with one attached hydrogen (secondary N) is 2. The number of aromatic nitrogens is 4. The number of hydrogen-bond acceptors (Lipinski definition) is 5. The normalized spacial score (nSPS) is 10.5. The van der Waals surface area contributed by atoms with Gasteiger partial charge in [0, 0.05) is 39.1 Å². The van der Waals surface area contributed by atoms with Crippen molar-refractivity contribution in [3.63, 3.8) is 0 Å².